The van der Waals surface area contributed by atoms with Crippen LogP contribution in [0.25, 0.3) is 0 Å². The summed E-state index contributed by atoms with van der Waals surface area (Å²) in [6, 6.07) is 28.7. The van der Waals surface area contributed by atoms with Crippen molar-refractivity contribution in [3.8, 4) is 0 Å². The minimum absolute atomic E-state index is 0.0649. The van der Waals surface area contributed by atoms with Crippen LogP contribution in [0.5, 0.6) is 0 Å². The molecule has 288 valence electrons. The number of halogens is 5. The maximum Gasteiger partial charge on any atom is 0.416 e. The maximum atomic E-state index is 13.7. The summed E-state index contributed by atoms with van der Waals surface area (Å²) >= 11 is 12.2. The molecule has 0 fully saturated rings. The zero-order chi connectivity index (χ0) is 38.6. The van der Waals surface area contributed by atoms with Gasteiger partial charge in [-0.2, -0.15) is 22.8 Å². The number of alkyl halides is 3. The van der Waals surface area contributed by atoms with Crippen molar-refractivity contribution < 1.29 is 26.8 Å². The molecule has 0 amide bonds. The van der Waals surface area contributed by atoms with E-state index in [9.17, 15) is 21.9 Å². The van der Waals surface area contributed by atoms with Gasteiger partial charge in [0.15, 0.2) is 0 Å². The van der Waals surface area contributed by atoms with Gasteiger partial charge >= 0.3 is 16.6 Å². The molecular weight excluding hydrogens is 760 g/mol. The van der Waals surface area contributed by atoms with Gasteiger partial charge in [0.2, 0.25) is 4.90 Å². The normalized spacial score (nSPS) is 16.6. The fourth-order valence-electron chi connectivity index (χ4n) is 6.09. The lowest BCUT2D eigenvalue weighted by Gasteiger charge is -2.19. The summed E-state index contributed by atoms with van der Waals surface area (Å²) in [7, 11) is -3.80. The second-order valence-corrected chi connectivity index (χ2v) is 15.4. The monoisotopic (exact) mass is 803 g/mol. The number of hydrogen-bond donors (Lipinski definition) is 4. The molecule has 0 bridgehead atoms. The molecular formula is C39H44Cl2F3N6O3S+. The van der Waals surface area contributed by atoms with E-state index in [2.05, 4.69) is 10.2 Å². The van der Waals surface area contributed by atoms with Gasteiger partial charge in [0.1, 0.15) is 0 Å². The van der Waals surface area contributed by atoms with Gasteiger partial charge in [0.05, 0.1) is 24.4 Å². The average molecular weight is 805 g/mol. The van der Waals surface area contributed by atoms with Gasteiger partial charge < -0.3 is 10.6 Å². The largest absolute Gasteiger partial charge is 0.416 e. The lowest BCUT2D eigenvalue weighted by molar-refractivity contribution is -0.137. The minimum atomic E-state index is -4.40. The van der Waals surface area contributed by atoms with E-state index in [-0.39, 0.29) is 22.7 Å². The fourth-order valence-corrected chi connectivity index (χ4v) is 7.39. The van der Waals surface area contributed by atoms with Crippen LogP contribution in [0, 0.1) is 0 Å². The molecule has 3 atom stereocenters. The molecule has 0 aliphatic carbocycles. The molecule has 9 nitrogen and oxygen atoms in total. The highest BCUT2D eigenvalue weighted by Crippen LogP contribution is 2.32. The molecule has 0 aromatic heterocycles. The first-order valence-electron chi connectivity index (χ1n) is 17.7. The van der Waals surface area contributed by atoms with Crippen LogP contribution < -0.4 is 15.9 Å². The number of nitrogens with one attached hydrogen (secondary N) is 2. The van der Waals surface area contributed by atoms with Crippen molar-refractivity contribution in [1.29, 1.82) is 0 Å². The van der Waals surface area contributed by atoms with E-state index in [4.69, 9.17) is 43.9 Å². The van der Waals surface area contributed by atoms with Crippen LogP contribution >= 0.6 is 23.2 Å². The maximum absolute atomic E-state index is 13.7. The predicted octanol–water partition coefficient (Wildman–Crippen LogP) is 8.92. The Hall–Kier alpha value is -3.82. The van der Waals surface area contributed by atoms with Gasteiger partial charge in [-0.15, -0.1) is 4.72 Å². The van der Waals surface area contributed by atoms with E-state index in [1.807, 2.05) is 42.5 Å². The molecule has 5 N–H and O–H groups in total. The summed E-state index contributed by atoms with van der Waals surface area (Å²) in [5.74, 6) is -0.0596. The predicted molar refractivity (Wildman–Crippen MR) is 210 cm³/mol. The average Bonchev–Trinajstić information content (AvgIpc) is 3.61. The fraction of sp³-hybridized carbons (Fsp3) is 0.333. The molecule has 0 radical (unpaired) electrons. The Morgan fingerprint density at radius 2 is 1.59 bits per heavy atom. The third kappa shape index (κ3) is 11.8. The molecule has 1 heterocycles. The number of hydrazone groups is 1. The third-order valence-electron chi connectivity index (χ3n) is 8.95. The Bertz CT molecular complexity index is 1880. The van der Waals surface area contributed by atoms with Crippen molar-refractivity contribution in [1.82, 2.24) is 15.2 Å². The second kappa shape index (κ2) is 19.7. The number of aliphatic imine (C=N–C) groups is 1. The van der Waals surface area contributed by atoms with Crippen LogP contribution in [0.3, 0.4) is 0 Å². The molecule has 54 heavy (non-hydrogen) atoms. The van der Waals surface area contributed by atoms with Crippen molar-refractivity contribution in [2.45, 2.75) is 55.0 Å². The van der Waals surface area contributed by atoms with Crippen LogP contribution in [-0.4, -0.2) is 54.0 Å². The summed E-state index contributed by atoms with van der Waals surface area (Å²) in [5, 5.41) is 7.62. The summed E-state index contributed by atoms with van der Waals surface area (Å²) in [6.45, 7) is 1.82. The summed E-state index contributed by atoms with van der Waals surface area (Å²) in [6.07, 6.45) is -0.512. The Morgan fingerprint density at radius 3 is 2.24 bits per heavy atom. The van der Waals surface area contributed by atoms with E-state index in [0.717, 1.165) is 60.2 Å². The first-order chi connectivity index (χ1) is 25.9. The number of unbranched alkanes of at least 4 members (excludes halogenated alkanes) is 3. The molecule has 4 aromatic carbocycles. The Labute approximate surface area is 325 Å². The van der Waals surface area contributed by atoms with E-state index in [1.54, 1.807) is 29.3 Å². The lowest BCUT2D eigenvalue weighted by atomic mass is 9.91. The highest BCUT2D eigenvalue weighted by atomic mass is 35.5. The van der Waals surface area contributed by atoms with Crippen molar-refractivity contribution in [3.63, 3.8) is 0 Å². The van der Waals surface area contributed by atoms with E-state index >= 15 is 0 Å². The Kier molecular flexibility index (Phi) is 15.1. The number of nitrogens with two attached hydrogens (primary N) is 1. The second-order valence-electron chi connectivity index (χ2n) is 12.8. The molecule has 0 saturated heterocycles. The van der Waals surface area contributed by atoms with Crippen LogP contribution in [0.4, 0.5) is 13.2 Å². The van der Waals surface area contributed by atoms with Gasteiger partial charge in [-0.25, -0.2) is 15.5 Å². The van der Waals surface area contributed by atoms with E-state index < -0.39 is 22.1 Å². The SMILES string of the molecule is NCCONCC(CCCCCCN=C(N[S+](=O)(O)c1ccc(Cl)cc1)N1C[C@H](c2ccccc2)C(c2ccc(Cl)cc2)=N1)c1ccc(C(F)(F)F)cc1. The lowest BCUT2D eigenvalue weighted by Crippen LogP contribution is -2.44. The van der Waals surface area contributed by atoms with Crippen LogP contribution in [0.2, 0.25) is 10.0 Å². The van der Waals surface area contributed by atoms with Gasteiger partial charge in [-0.1, -0.05) is 97.1 Å². The van der Waals surface area contributed by atoms with Crippen LogP contribution in [0.1, 0.15) is 66.2 Å². The standard InChI is InChI=1S/C39H43Cl2F3N6O3S/c40-33-17-13-30(14-18-33)37-36(29-8-5-3-6-9-29)27-50(48-37)38(49-54(51,52)35-21-19-34(41)20-22-35)46-24-7-2-1-4-10-31(26-47-53-25-23-45)28-11-15-32(16-12-28)39(42,43)44/h3,5-6,8-9,11-22,31,36,47H,1-2,4,7,10,23-27,45H2,(H-,46,49,51,52)/p+1/t31?,36-/m1/s1. The zero-order valence-electron chi connectivity index (χ0n) is 29.5. The summed E-state index contributed by atoms with van der Waals surface area (Å²) in [5.41, 5.74) is 11.2. The molecule has 0 spiro atoms. The van der Waals surface area contributed by atoms with Gasteiger partial charge in [-0.3, -0.25) is 0 Å². The number of guanidine groups is 1. The number of nitrogens with zero attached hydrogens (tertiary/aromatic N) is 3. The molecule has 2 unspecified atom stereocenters. The molecule has 1 aliphatic heterocycles. The number of benzene rings is 4. The quantitative estimate of drug-likeness (QED) is 0.0278. The molecule has 1 aliphatic rings. The van der Waals surface area contributed by atoms with Crippen LogP contribution in [-0.2, 0) is 25.6 Å². The molecule has 0 saturated carbocycles. The number of rotatable bonds is 17. The van der Waals surface area contributed by atoms with Crippen molar-refractivity contribution in [3.05, 3.63) is 135 Å². The summed E-state index contributed by atoms with van der Waals surface area (Å²) in [4.78, 5) is 10.3. The Balaban J connectivity index is 1.28. The van der Waals surface area contributed by atoms with Gasteiger partial charge in [-0.05, 0) is 76.1 Å². The van der Waals surface area contributed by atoms with E-state index in [0.29, 0.717) is 49.3 Å². The molecule has 4 aromatic rings. The van der Waals surface area contributed by atoms with Gasteiger partial charge in [0, 0.05) is 47.7 Å². The summed E-state index contributed by atoms with van der Waals surface area (Å²) < 4.78 is 67.1. The third-order valence-corrected chi connectivity index (χ3v) is 10.8. The van der Waals surface area contributed by atoms with Gasteiger partial charge in [0.25, 0.3) is 5.96 Å². The highest BCUT2D eigenvalue weighted by Gasteiger charge is 2.37. The highest BCUT2D eigenvalue weighted by molar-refractivity contribution is 7.96. The first-order valence-corrected chi connectivity index (χ1v) is 19.9. The zero-order valence-corrected chi connectivity index (χ0v) is 31.8. The number of hydroxylamine groups is 1. The Morgan fingerprint density at radius 1 is 0.944 bits per heavy atom. The number of hydrogen-bond acceptors (Lipinski definition) is 6. The minimum Gasteiger partial charge on any atom is -0.328 e. The topological polar surface area (TPSA) is 125 Å². The van der Waals surface area contributed by atoms with Crippen LogP contribution in [0.15, 0.2) is 118 Å². The first kappa shape index (κ1) is 41.3. The van der Waals surface area contributed by atoms with E-state index in [1.165, 1.54) is 24.3 Å². The van der Waals surface area contributed by atoms with Crippen molar-refractivity contribution in [2.75, 3.05) is 32.8 Å². The van der Waals surface area contributed by atoms with Crippen molar-refractivity contribution in [2.24, 2.45) is 15.8 Å². The molecule has 15 heteroatoms. The van der Waals surface area contributed by atoms with Crippen molar-refractivity contribution >= 4 is 45.3 Å². The molecule has 5 rings (SSSR count). The smallest absolute Gasteiger partial charge is 0.328 e.